The summed E-state index contributed by atoms with van der Waals surface area (Å²) in [5.41, 5.74) is 4.39. The van der Waals surface area contributed by atoms with Gasteiger partial charge in [-0.2, -0.15) is 5.10 Å². The summed E-state index contributed by atoms with van der Waals surface area (Å²) in [6.45, 7) is 5.69. The molecule has 148 valence electrons. The Morgan fingerprint density at radius 3 is 2.75 bits per heavy atom. The third kappa shape index (κ3) is 3.35. The average molecular weight is 383 g/mol. The summed E-state index contributed by atoms with van der Waals surface area (Å²) in [4.78, 5) is 9.08. The Labute approximate surface area is 163 Å². The van der Waals surface area contributed by atoms with Crippen molar-refractivity contribution in [3.8, 4) is 22.9 Å². The average Bonchev–Trinajstić information content (AvgIpc) is 3.37. The first-order valence-electron chi connectivity index (χ1n) is 9.41. The van der Waals surface area contributed by atoms with Crippen molar-refractivity contribution in [2.24, 2.45) is 0 Å². The molecular weight excluding hydrogens is 358 g/mol. The van der Waals surface area contributed by atoms with Crippen molar-refractivity contribution in [3.63, 3.8) is 0 Å². The van der Waals surface area contributed by atoms with Gasteiger partial charge in [0.1, 0.15) is 16.8 Å². The molecule has 0 saturated carbocycles. The lowest BCUT2D eigenvalue weighted by atomic mass is 10.1. The van der Waals surface area contributed by atoms with Gasteiger partial charge in [0.15, 0.2) is 0 Å². The van der Waals surface area contributed by atoms with Crippen molar-refractivity contribution in [2.45, 2.75) is 32.4 Å². The number of nitrogens with one attached hydrogen (secondary N) is 1. The van der Waals surface area contributed by atoms with Crippen LogP contribution in [0, 0.1) is 0 Å². The number of methoxy groups -OCH3 is 2. The predicted octanol–water partition coefficient (Wildman–Crippen LogP) is 3.29. The number of aromatic nitrogens is 4. The molecule has 0 amide bonds. The fourth-order valence-corrected chi connectivity index (χ4v) is 3.47. The zero-order valence-corrected chi connectivity index (χ0v) is 16.6. The van der Waals surface area contributed by atoms with Gasteiger partial charge in [0.25, 0.3) is 0 Å². The molecule has 1 aliphatic rings. The number of fused-ring (bicyclic) bond motifs is 1. The van der Waals surface area contributed by atoms with Crippen LogP contribution < -0.4 is 14.8 Å². The van der Waals surface area contributed by atoms with Gasteiger partial charge in [-0.05, 0) is 26.3 Å². The monoisotopic (exact) mass is 383 g/mol. The second-order valence-corrected chi connectivity index (χ2v) is 7.10. The molecule has 0 aliphatic carbocycles. The molecule has 1 saturated heterocycles. The highest BCUT2D eigenvalue weighted by Crippen LogP contribution is 2.35. The van der Waals surface area contributed by atoms with Crippen molar-refractivity contribution in [1.29, 1.82) is 0 Å². The van der Waals surface area contributed by atoms with Gasteiger partial charge in [0.05, 0.1) is 50.6 Å². The summed E-state index contributed by atoms with van der Waals surface area (Å²) in [5.74, 6) is 1.15. The molecule has 1 aliphatic heterocycles. The van der Waals surface area contributed by atoms with Crippen molar-refractivity contribution >= 4 is 16.7 Å². The molecule has 1 fully saturated rings. The van der Waals surface area contributed by atoms with Crippen LogP contribution in [0.1, 0.15) is 26.3 Å². The molecule has 8 nitrogen and oxygen atoms in total. The molecule has 3 aromatic heterocycles. The molecule has 3 aromatic rings. The molecular formula is C20H25N5O3. The Kier molecular flexibility index (Phi) is 5.04. The summed E-state index contributed by atoms with van der Waals surface area (Å²) < 4.78 is 18.3. The molecule has 0 unspecified atom stereocenters. The Balaban J connectivity index is 1.88. The van der Waals surface area contributed by atoms with Crippen molar-refractivity contribution in [2.75, 3.05) is 32.8 Å². The third-order valence-electron chi connectivity index (χ3n) is 4.88. The third-order valence-corrected chi connectivity index (χ3v) is 4.88. The van der Waals surface area contributed by atoms with E-state index in [4.69, 9.17) is 19.2 Å². The zero-order chi connectivity index (χ0) is 19.7. The maximum absolute atomic E-state index is 5.54. The van der Waals surface area contributed by atoms with Gasteiger partial charge in [-0.15, -0.1) is 0 Å². The van der Waals surface area contributed by atoms with Crippen LogP contribution in [-0.2, 0) is 4.74 Å². The SMILES string of the molecule is COc1cc(-c2cc(N[C@@H]3CCOC3)c3c(cnn3C(C)C)n2)c(OC)cn1. The van der Waals surface area contributed by atoms with Gasteiger partial charge in [-0.25, -0.2) is 9.97 Å². The molecule has 1 atom stereocenters. The van der Waals surface area contributed by atoms with Gasteiger partial charge in [-0.3, -0.25) is 4.68 Å². The van der Waals surface area contributed by atoms with Gasteiger partial charge < -0.3 is 19.5 Å². The summed E-state index contributed by atoms with van der Waals surface area (Å²) in [7, 11) is 3.21. The van der Waals surface area contributed by atoms with Gasteiger partial charge in [-0.1, -0.05) is 0 Å². The van der Waals surface area contributed by atoms with Crippen LogP contribution in [0.3, 0.4) is 0 Å². The van der Waals surface area contributed by atoms with Gasteiger partial charge >= 0.3 is 0 Å². The minimum absolute atomic E-state index is 0.223. The van der Waals surface area contributed by atoms with E-state index in [1.165, 1.54) is 0 Å². The highest BCUT2D eigenvalue weighted by Gasteiger charge is 2.21. The smallest absolute Gasteiger partial charge is 0.213 e. The Hall–Kier alpha value is -2.87. The molecule has 0 spiro atoms. The van der Waals surface area contributed by atoms with E-state index in [-0.39, 0.29) is 12.1 Å². The lowest BCUT2D eigenvalue weighted by molar-refractivity contribution is 0.195. The van der Waals surface area contributed by atoms with E-state index < -0.39 is 0 Å². The highest BCUT2D eigenvalue weighted by molar-refractivity contribution is 5.91. The fourth-order valence-electron chi connectivity index (χ4n) is 3.47. The van der Waals surface area contributed by atoms with Crippen molar-refractivity contribution in [3.05, 3.63) is 24.5 Å². The second-order valence-electron chi connectivity index (χ2n) is 7.10. The second kappa shape index (κ2) is 7.63. The standard InChI is InChI=1S/C20H25N5O3/c1-12(2)25-20-16(23-13-5-6-28-11-13)8-15(24-17(20)9-22-25)14-7-19(27-4)21-10-18(14)26-3/h7-10,12-13H,5-6,11H2,1-4H3,(H,23,24)/t13-/m1/s1. The van der Waals surface area contributed by atoms with E-state index in [1.807, 2.05) is 16.8 Å². The number of pyridine rings is 2. The predicted molar refractivity (Wildman–Crippen MR) is 107 cm³/mol. The molecule has 1 N–H and O–H groups in total. The molecule has 0 bridgehead atoms. The highest BCUT2D eigenvalue weighted by atomic mass is 16.5. The first-order chi connectivity index (χ1) is 13.6. The van der Waals surface area contributed by atoms with E-state index in [0.717, 1.165) is 41.0 Å². The van der Waals surface area contributed by atoms with E-state index >= 15 is 0 Å². The number of ether oxygens (including phenoxy) is 3. The van der Waals surface area contributed by atoms with Crippen LogP contribution >= 0.6 is 0 Å². The lowest BCUT2D eigenvalue weighted by Crippen LogP contribution is -2.20. The van der Waals surface area contributed by atoms with Crippen LogP contribution in [0.5, 0.6) is 11.6 Å². The number of hydrogen-bond donors (Lipinski definition) is 1. The number of hydrogen-bond acceptors (Lipinski definition) is 7. The first-order valence-corrected chi connectivity index (χ1v) is 9.41. The van der Waals surface area contributed by atoms with Crippen LogP contribution in [0.2, 0.25) is 0 Å². The normalized spacial score (nSPS) is 16.7. The maximum Gasteiger partial charge on any atom is 0.213 e. The van der Waals surface area contributed by atoms with Gasteiger partial charge in [0.2, 0.25) is 5.88 Å². The Morgan fingerprint density at radius 1 is 1.21 bits per heavy atom. The Morgan fingerprint density at radius 2 is 2.07 bits per heavy atom. The first kappa shape index (κ1) is 18.5. The molecule has 28 heavy (non-hydrogen) atoms. The van der Waals surface area contributed by atoms with Gasteiger partial charge in [0, 0.05) is 24.3 Å². The van der Waals surface area contributed by atoms with Crippen LogP contribution in [0.4, 0.5) is 5.69 Å². The molecule has 4 rings (SSSR count). The molecule has 0 aromatic carbocycles. The fraction of sp³-hybridized carbons (Fsp3) is 0.450. The van der Waals surface area contributed by atoms with E-state index in [1.54, 1.807) is 26.6 Å². The number of anilines is 1. The summed E-state index contributed by atoms with van der Waals surface area (Å²) in [6, 6.07) is 4.37. The molecule has 8 heteroatoms. The van der Waals surface area contributed by atoms with Crippen LogP contribution in [-0.4, -0.2) is 53.2 Å². The minimum Gasteiger partial charge on any atom is -0.494 e. The van der Waals surface area contributed by atoms with E-state index in [2.05, 4.69) is 29.2 Å². The topological polar surface area (TPSA) is 83.3 Å². The lowest BCUT2D eigenvalue weighted by Gasteiger charge is -2.18. The van der Waals surface area contributed by atoms with E-state index in [9.17, 15) is 0 Å². The van der Waals surface area contributed by atoms with Crippen LogP contribution in [0.25, 0.3) is 22.3 Å². The summed E-state index contributed by atoms with van der Waals surface area (Å²) in [5, 5.41) is 8.18. The van der Waals surface area contributed by atoms with Crippen molar-refractivity contribution in [1.82, 2.24) is 19.7 Å². The summed E-state index contributed by atoms with van der Waals surface area (Å²) in [6.07, 6.45) is 4.43. The van der Waals surface area contributed by atoms with E-state index in [0.29, 0.717) is 18.2 Å². The number of rotatable bonds is 6. The summed E-state index contributed by atoms with van der Waals surface area (Å²) >= 11 is 0. The van der Waals surface area contributed by atoms with Crippen molar-refractivity contribution < 1.29 is 14.2 Å². The number of nitrogens with zero attached hydrogens (tertiary/aromatic N) is 4. The molecule has 4 heterocycles. The maximum atomic E-state index is 5.54. The largest absolute Gasteiger partial charge is 0.494 e. The quantitative estimate of drug-likeness (QED) is 0.699. The molecule has 0 radical (unpaired) electrons. The Bertz CT molecular complexity index is 979. The zero-order valence-electron chi connectivity index (χ0n) is 16.6. The minimum atomic E-state index is 0.223. The van der Waals surface area contributed by atoms with Crippen LogP contribution in [0.15, 0.2) is 24.5 Å².